The summed E-state index contributed by atoms with van der Waals surface area (Å²) in [5.74, 6) is 1.88. The van der Waals surface area contributed by atoms with Crippen molar-refractivity contribution in [3.63, 3.8) is 0 Å². The van der Waals surface area contributed by atoms with Crippen LogP contribution in [0.3, 0.4) is 0 Å². The van der Waals surface area contributed by atoms with Gasteiger partial charge in [0.15, 0.2) is 0 Å². The molecule has 6 aromatic carbocycles. The van der Waals surface area contributed by atoms with Crippen molar-refractivity contribution in [3.05, 3.63) is 217 Å². The summed E-state index contributed by atoms with van der Waals surface area (Å²) in [5, 5.41) is 2.43. The first-order valence-electron chi connectivity index (χ1n) is 21.6. The zero-order valence-corrected chi connectivity index (χ0v) is 34.3. The standard InChI is InChI=1S/C56H46N4O/c1-37-22-25-39(26-23-37)57(40-27-29-41(30-28-40)58-47-14-5-3-12-44(47)46-36-38(2)24-35-49(46)58)52-18-11-19-53-56(52)45-13-4-6-15-48(45)59(53)42-31-33-43(34-32-42)60-50-16-7-9-20-54(50)61-55-21-10-8-17-51(55)60/h3-35,38,44,47,50,54H,36H2,1-2H3. The summed E-state index contributed by atoms with van der Waals surface area (Å²) in [7, 11) is 0. The molecule has 0 amide bonds. The summed E-state index contributed by atoms with van der Waals surface area (Å²) in [5.41, 5.74) is 14.4. The smallest absolute Gasteiger partial charge is 0.144 e. The number of hydrogen-bond donors (Lipinski definition) is 0. The van der Waals surface area contributed by atoms with Gasteiger partial charge in [-0.05, 0) is 128 Å². The van der Waals surface area contributed by atoms with Gasteiger partial charge >= 0.3 is 0 Å². The van der Waals surface area contributed by atoms with E-state index in [1.165, 1.54) is 33.2 Å². The van der Waals surface area contributed by atoms with Crippen molar-refractivity contribution in [2.75, 3.05) is 14.7 Å². The molecule has 3 aliphatic carbocycles. The largest absolute Gasteiger partial charge is 0.482 e. The highest BCUT2D eigenvalue weighted by Crippen LogP contribution is 2.48. The first-order valence-corrected chi connectivity index (χ1v) is 21.6. The van der Waals surface area contributed by atoms with Crippen LogP contribution in [-0.4, -0.2) is 22.8 Å². The highest BCUT2D eigenvalue weighted by atomic mass is 16.5. The fraction of sp³-hybridized carbons (Fsp3) is 0.143. The van der Waals surface area contributed by atoms with Gasteiger partial charge in [0.2, 0.25) is 0 Å². The summed E-state index contributed by atoms with van der Waals surface area (Å²) in [6, 6.07) is 51.6. The van der Waals surface area contributed by atoms with Crippen molar-refractivity contribution < 1.29 is 4.74 Å². The van der Waals surface area contributed by atoms with E-state index >= 15 is 0 Å². The zero-order chi connectivity index (χ0) is 40.6. The Balaban J connectivity index is 0.968. The van der Waals surface area contributed by atoms with Crippen LogP contribution in [0.25, 0.3) is 27.5 Å². The SMILES string of the molecule is Cc1ccc(N(c2ccc(N3C4=C(CC(C)C=C4)C4C=CC=CC43)cc2)c2cccc3c2c2ccccc2n3-c2ccc(N3c4ccccc4OC4C=CC=CC43)cc2)cc1. The van der Waals surface area contributed by atoms with Crippen molar-refractivity contribution in [1.29, 1.82) is 0 Å². The summed E-state index contributed by atoms with van der Waals surface area (Å²) in [4.78, 5) is 7.41. The number of rotatable bonds is 6. The summed E-state index contributed by atoms with van der Waals surface area (Å²) < 4.78 is 8.86. The molecule has 7 aromatic rings. The molecule has 5 heteroatoms. The molecule has 5 unspecified atom stereocenters. The molecule has 3 heterocycles. The van der Waals surface area contributed by atoms with Crippen molar-refractivity contribution >= 4 is 55.9 Å². The van der Waals surface area contributed by atoms with E-state index in [2.05, 4.69) is 227 Å². The molecule has 61 heavy (non-hydrogen) atoms. The highest BCUT2D eigenvalue weighted by Gasteiger charge is 2.40. The zero-order valence-electron chi connectivity index (χ0n) is 34.3. The van der Waals surface area contributed by atoms with E-state index in [-0.39, 0.29) is 12.1 Å². The minimum absolute atomic E-state index is 0.0507. The summed E-state index contributed by atoms with van der Waals surface area (Å²) >= 11 is 0. The number of hydrogen-bond acceptors (Lipinski definition) is 4. The number of anilines is 6. The molecule has 5 aliphatic rings. The molecule has 296 valence electrons. The van der Waals surface area contributed by atoms with Gasteiger partial charge in [-0.2, -0.15) is 0 Å². The Labute approximate surface area is 357 Å². The average molecular weight is 791 g/mol. The molecule has 0 bridgehead atoms. The van der Waals surface area contributed by atoms with Crippen LogP contribution in [0.5, 0.6) is 5.75 Å². The number of nitrogens with zero attached hydrogens (tertiary/aromatic N) is 4. The molecule has 0 spiro atoms. The number of aromatic nitrogens is 1. The Morgan fingerprint density at radius 1 is 0.574 bits per heavy atom. The van der Waals surface area contributed by atoms with E-state index < -0.39 is 0 Å². The van der Waals surface area contributed by atoms with E-state index in [1.54, 1.807) is 5.57 Å². The predicted octanol–water partition coefficient (Wildman–Crippen LogP) is 13.7. The van der Waals surface area contributed by atoms with Gasteiger partial charge in [-0.3, -0.25) is 0 Å². The third-order valence-electron chi connectivity index (χ3n) is 13.2. The maximum absolute atomic E-state index is 6.44. The fourth-order valence-corrected chi connectivity index (χ4v) is 10.5. The molecule has 1 aromatic heterocycles. The van der Waals surface area contributed by atoms with Crippen LogP contribution >= 0.6 is 0 Å². The third kappa shape index (κ3) is 5.75. The quantitative estimate of drug-likeness (QED) is 0.167. The highest BCUT2D eigenvalue weighted by molar-refractivity contribution is 6.16. The lowest BCUT2D eigenvalue weighted by molar-refractivity contribution is 0.218. The average Bonchev–Trinajstić information content (AvgIpc) is 3.82. The van der Waals surface area contributed by atoms with Gasteiger partial charge in [0.05, 0.1) is 34.5 Å². The second-order valence-corrected chi connectivity index (χ2v) is 17.0. The number of aryl methyl sites for hydroxylation is 1. The van der Waals surface area contributed by atoms with Gasteiger partial charge in [0.25, 0.3) is 0 Å². The Morgan fingerprint density at radius 3 is 2.07 bits per heavy atom. The van der Waals surface area contributed by atoms with Gasteiger partial charge in [0, 0.05) is 50.8 Å². The normalized spacial score (nSPS) is 22.0. The lowest BCUT2D eigenvalue weighted by atomic mass is 9.84. The maximum Gasteiger partial charge on any atom is 0.144 e. The minimum atomic E-state index is -0.0507. The van der Waals surface area contributed by atoms with Crippen LogP contribution in [0.4, 0.5) is 34.1 Å². The summed E-state index contributed by atoms with van der Waals surface area (Å²) in [6.07, 6.45) is 23.6. The Bertz CT molecular complexity index is 3030. The molecule has 12 rings (SSSR count). The van der Waals surface area contributed by atoms with Crippen molar-refractivity contribution in [2.45, 2.75) is 38.5 Å². The molecule has 5 nitrogen and oxygen atoms in total. The van der Waals surface area contributed by atoms with Crippen LogP contribution in [-0.2, 0) is 0 Å². The van der Waals surface area contributed by atoms with Crippen LogP contribution in [0.15, 0.2) is 212 Å². The van der Waals surface area contributed by atoms with Crippen molar-refractivity contribution in [3.8, 4) is 11.4 Å². The Morgan fingerprint density at radius 2 is 1.23 bits per heavy atom. The first-order chi connectivity index (χ1) is 30.1. The molecule has 0 saturated heterocycles. The van der Waals surface area contributed by atoms with Gasteiger partial charge in [-0.1, -0.05) is 110 Å². The Kier molecular flexibility index (Phi) is 8.31. The molecule has 0 N–H and O–H groups in total. The van der Waals surface area contributed by atoms with Crippen LogP contribution in [0.1, 0.15) is 18.9 Å². The second kappa shape index (κ2) is 14.2. The van der Waals surface area contributed by atoms with Crippen LogP contribution < -0.4 is 19.4 Å². The van der Waals surface area contributed by atoms with E-state index in [0.717, 1.165) is 51.8 Å². The molecule has 0 radical (unpaired) electrons. The van der Waals surface area contributed by atoms with E-state index in [4.69, 9.17) is 4.74 Å². The molecule has 0 saturated carbocycles. The number of allylic oxidation sites excluding steroid dienone is 6. The number of benzene rings is 6. The molecule has 2 aliphatic heterocycles. The predicted molar refractivity (Wildman–Crippen MR) is 253 cm³/mol. The first kappa shape index (κ1) is 35.7. The fourth-order valence-electron chi connectivity index (χ4n) is 10.5. The lowest BCUT2D eigenvalue weighted by Gasteiger charge is -2.42. The maximum atomic E-state index is 6.44. The molecule has 0 fully saturated rings. The van der Waals surface area contributed by atoms with E-state index in [0.29, 0.717) is 17.9 Å². The van der Waals surface area contributed by atoms with Crippen molar-refractivity contribution in [2.24, 2.45) is 11.8 Å². The summed E-state index contributed by atoms with van der Waals surface area (Å²) in [6.45, 7) is 4.48. The number of ether oxygens (including phenoxy) is 1. The van der Waals surface area contributed by atoms with Gasteiger partial charge in [-0.15, -0.1) is 0 Å². The molecular formula is C56H46N4O. The van der Waals surface area contributed by atoms with Gasteiger partial charge < -0.3 is 24.0 Å². The topological polar surface area (TPSA) is 23.9 Å². The Hall–Kier alpha value is -7.24. The van der Waals surface area contributed by atoms with Crippen LogP contribution in [0, 0.1) is 18.8 Å². The van der Waals surface area contributed by atoms with E-state index in [1.807, 2.05) is 6.07 Å². The van der Waals surface area contributed by atoms with Crippen LogP contribution in [0.2, 0.25) is 0 Å². The molecule has 5 atom stereocenters. The molecular weight excluding hydrogens is 745 g/mol. The third-order valence-corrected chi connectivity index (χ3v) is 13.2. The van der Waals surface area contributed by atoms with E-state index in [9.17, 15) is 0 Å². The minimum Gasteiger partial charge on any atom is -0.482 e. The monoisotopic (exact) mass is 790 g/mol. The lowest BCUT2D eigenvalue weighted by Crippen LogP contribution is -2.46. The van der Waals surface area contributed by atoms with Gasteiger partial charge in [0.1, 0.15) is 11.9 Å². The second-order valence-electron chi connectivity index (χ2n) is 17.0. The van der Waals surface area contributed by atoms with Gasteiger partial charge in [-0.25, -0.2) is 0 Å². The number of fused-ring (bicyclic) bond motifs is 7. The number of para-hydroxylation sites is 3. The van der Waals surface area contributed by atoms with Crippen molar-refractivity contribution in [1.82, 2.24) is 4.57 Å².